The van der Waals surface area contributed by atoms with Crippen molar-refractivity contribution >= 4 is 31.5 Å². The van der Waals surface area contributed by atoms with Gasteiger partial charge in [0.15, 0.2) is 9.84 Å². The van der Waals surface area contributed by atoms with Gasteiger partial charge in [-0.15, -0.1) is 0 Å². The summed E-state index contributed by atoms with van der Waals surface area (Å²) in [5, 5.41) is 0.0177. The van der Waals surface area contributed by atoms with Crippen molar-refractivity contribution in [2.24, 2.45) is 0 Å². The maximum Gasteiger partial charge on any atom is 0.244 e. The van der Waals surface area contributed by atoms with Gasteiger partial charge in [-0.25, -0.2) is 21.8 Å². The number of hydrogen-bond acceptors (Lipinski definition) is 5. The van der Waals surface area contributed by atoms with Gasteiger partial charge in [0.2, 0.25) is 10.0 Å². The van der Waals surface area contributed by atoms with Gasteiger partial charge in [0.25, 0.3) is 0 Å². The molecule has 136 valence electrons. The highest BCUT2D eigenvalue weighted by Gasteiger charge is 2.32. The minimum atomic E-state index is -3.86. The molecule has 0 atom stereocenters. The van der Waals surface area contributed by atoms with Gasteiger partial charge < -0.3 is 4.57 Å². The SMILES string of the molecule is CS(=O)(=O)c1ccc(Cl)c(S(=O)(=O)N2CCC(n3ccnc3)CC2)c1. The summed E-state index contributed by atoms with van der Waals surface area (Å²) in [6.07, 6.45) is 7.61. The van der Waals surface area contributed by atoms with Crippen LogP contribution < -0.4 is 0 Å². The summed E-state index contributed by atoms with van der Waals surface area (Å²) in [5.74, 6) is 0. The smallest absolute Gasteiger partial charge is 0.244 e. The fourth-order valence-electron chi connectivity index (χ4n) is 2.92. The van der Waals surface area contributed by atoms with E-state index >= 15 is 0 Å². The summed E-state index contributed by atoms with van der Waals surface area (Å²) in [7, 11) is -7.38. The predicted octanol–water partition coefficient (Wildman–Crippen LogP) is 1.97. The molecule has 3 rings (SSSR count). The Labute approximate surface area is 152 Å². The van der Waals surface area contributed by atoms with E-state index in [1.807, 2.05) is 10.8 Å². The van der Waals surface area contributed by atoms with Crippen LogP contribution in [0.3, 0.4) is 0 Å². The van der Waals surface area contributed by atoms with Crippen molar-refractivity contribution in [1.29, 1.82) is 0 Å². The normalized spacial score (nSPS) is 17.7. The van der Waals surface area contributed by atoms with Gasteiger partial charge in [-0.3, -0.25) is 0 Å². The maximum atomic E-state index is 12.9. The Morgan fingerprint density at radius 3 is 2.40 bits per heavy atom. The van der Waals surface area contributed by atoms with E-state index in [0.29, 0.717) is 25.9 Å². The molecule has 1 saturated heterocycles. The molecular formula is C15H18ClN3O4S2. The van der Waals surface area contributed by atoms with Crippen LogP contribution in [0.25, 0.3) is 0 Å². The summed E-state index contributed by atoms with van der Waals surface area (Å²) in [4.78, 5) is 3.78. The summed E-state index contributed by atoms with van der Waals surface area (Å²) in [5.41, 5.74) is 0. The van der Waals surface area contributed by atoms with Crippen LogP contribution in [0.5, 0.6) is 0 Å². The minimum absolute atomic E-state index is 0.0177. The third kappa shape index (κ3) is 3.74. The summed E-state index contributed by atoms with van der Waals surface area (Å²) in [6, 6.07) is 3.95. The largest absolute Gasteiger partial charge is 0.334 e. The first-order chi connectivity index (χ1) is 11.7. The highest BCUT2D eigenvalue weighted by molar-refractivity contribution is 7.91. The number of nitrogens with zero attached hydrogens (tertiary/aromatic N) is 3. The number of piperidine rings is 1. The van der Waals surface area contributed by atoms with Crippen LogP contribution in [0.4, 0.5) is 0 Å². The number of benzene rings is 1. The van der Waals surface area contributed by atoms with Crippen molar-refractivity contribution in [2.75, 3.05) is 19.3 Å². The second kappa shape index (κ2) is 6.71. The van der Waals surface area contributed by atoms with Gasteiger partial charge in [-0.1, -0.05) is 11.6 Å². The Bertz CT molecular complexity index is 964. The lowest BCUT2D eigenvalue weighted by Gasteiger charge is -2.32. The topological polar surface area (TPSA) is 89.3 Å². The van der Waals surface area contributed by atoms with Crippen molar-refractivity contribution in [3.63, 3.8) is 0 Å². The van der Waals surface area contributed by atoms with Crippen molar-refractivity contribution in [3.8, 4) is 0 Å². The van der Waals surface area contributed by atoms with Gasteiger partial charge in [0, 0.05) is 37.8 Å². The molecule has 0 amide bonds. The van der Waals surface area contributed by atoms with E-state index in [1.165, 1.54) is 16.4 Å². The average Bonchev–Trinajstić information content (AvgIpc) is 3.08. The lowest BCUT2D eigenvalue weighted by atomic mass is 10.1. The molecule has 0 radical (unpaired) electrons. The lowest BCUT2D eigenvalue weighted by Crippen LogP contribution is -2.39. The van der Waals surface area contributed by atoms with Crippen LogP contribution in [-0.2, 0) is 19.9 Å². The Balaban J connectivity index is 1.86. The molecule has 1 aromatic heterocycles. The second-order valence-electron chi connectivity index (χ2n) is 6.01. The third-order valence-corrected chi connectivity index (χ3v) is 7.81. The molecular weight excluding hydrogens is 386 g/mol. The van der Waals surface area contributed by atoms with Crippen LogP contribution in [0.15, 0.2) is 46.7 Å². The predicted molar refractivity (Wildman–Crippen MR) is 93.8 cm³/mol. The van der Waals surface area contributed by atoms with Gasteiger partial charge in [0.1, 0.15) is 4.90 Å². The van der Waals surface area contributed by atoms with Crippen LogP contribution in [0.2, 0.25) is 5.02 Å². The molecule has 0 N–H and O–H groups in total. The van der Waals surface area contributed by atoms with Crippen LogP contribution in [0, 0.1) is 0 Å². The van der Waals surface area contributed by atoms with E-state index in [4.69, 9.17) is 11.6 Å². The Hall–Kier alpha value is -1.42. The Morgan fingerprint density at radius 2 is 1.84 bits per heavy atom. The molecule has 0 unspecified atom stereocenters. The number of rotatable bonds is 4. The molecule has 1 aliphatic heterocycles. The molecule has 0 saturated carbocycles. The zero-order chi connectivity index (χ0) is 18.2. The van der Waals surface area contributed by atoms with Crippen molar-refractivity contribution in [2.45, 2.75) is 28.7 Å². The number of imidazole rings is 1. The number of aromatic nitrogens is 2. The molecule has 1 aliphatic rings. The summed E-state index contributed by atoms with van der Waals surface area (Å²) in [6.45, 7) is 0.676. The van der Waals surface area contributed by atoms with E-state index in [1.54, 1.807) is 12.5 Å². The fourth-order valence-corrected chi connectivity index (χ4v) is 5.61. The molecule has 1 fully saturated rings. The standard InChI is InChI=1S/C15H18ClN3O4S2/c1-24(20,21)13-2-3-14(16)15(10-13)25(22,23)19-7-4-12(5-8-19)18-9-6-17-11-18/h2-3,6,9-12H,4-5,7-8H2,1H3. The zero-order valence-electron chi connectivity index (χ0n) is 13.5. The molecule has 7 nitrogen and oxygen atoms in total. The van der Waals surface area contributed by atoms with Crippen LogP contribution in [0.1, 0.15) is 18.9 Å². The second-order valence-corrected chi connectivity index (χ2v) is 10.3. The van der Waals surface area contributed by atoms with E-state index in [2.05, 4.69) is 4.98 Å². The van der Waals surface area contributed by atoms with E-state index in [-0.39, 0.29) is 20.9 Å². The van der Waals surface area contributed by atoms with Gasteiger partial charge >= 0.3 is 0 Å². The van der Waals surface area contributed by atoms with Gasteiger partial charge in [-0.05, 0) is 31.0 Å². The average molecular weight is 404 g/mol. The zero-order valence-corrected chi connectivity index (χ0v) is 15.9. The maximum absolute atomic E-state index is 12.9. The lowest BCUT2D eigenvalue weighted by molar-refractivity contribution is 0.273. The van der Waals surface area contributed by atoms with Crippen molar-refractivity contribution in [1.82, 2.24) is 13.9 Å². The van der Waals surface area contributed by atoms with E-state index < -0.39 is 19.9 Å². The minimum Gasteiger partial charge on any atom is -0.334 e. The molecule has 0 aliphatic carbocycles. The number of hydrogen-bond donors (Lipinski definition) is 0. The number of halogens is 1. The highest BCUT2D eigenvalue weighted by Crippen LogP contribution is 2.31. The summed E-state index contributed by atoms with van der Waals surface area (Å²) >= 11 is 6.05. The Morgan fingerprint density at radius 1 is 1.16 bits per heavy atom. The van der Waals surface area contributed by atoms with E-state index in [0.717, 1.165) is 12.3 Å². The van der Waals surface area contributed by atoms with Crippen LogP contribution >= 0.6 is 11.6 Å². The number of sulfonamides is 1. The third-order valence-electron chi connectivity index (χ3n) is 4.32. The first kappa shape index (κ1) is 18.4. The van der Waals surface area contributed by atoms with E-state index in [9.17, 15) is 16.8 Å². The molecule has 25 heavy (non-hydrogen) atoms. The monoisotopic (exact) mass is 403 g/mol. The van der Waals surface area contributed by atoms with Gasteiger partial charge in [0.05, 0.1) is 16.2 Å². The van der Waals surface area contributed by atoms with Crippen LogP contribution in [-0.4, -0.2) is 50.0 Å². The Kier molecular flexibility index (Phi) is 4.93. The van der Waals surface area contributed by atoms with Crippen molar-refractivity contribution < 1.29 is 16.8 Å². The summed E-state index contributed by atoms with van der Waals surface area (Å²) < 4.78 is 52.6. The van der Waals surface area contributed by atoms with Crippen molar-refractivity contribution in [3.05, 3.63) is 41.9 Å². The number of sulfone groups is 1. The quantitative estimate of drug-likeness (QED) is 0.778. The molecule has 10 heteroatoms. The molecule has 1 aromatic carbocycles. The molecule has 2 heterocycles. The van der Waals surface area contributed by atoms with Gasteiger partial charge in [-0.2, -0.15) is 4.31 Å². The fraction of sp³-hybridized carbons (Fsp3) is 0.400. The highest BCUT2D eigenvalue weighted by atomic mass is 35.5. The molecule has 0 spiro atoms. The molecule has 2 aromatic rings. The molecule has 0 bridgehead atoms. The first-order valence-electron chi connectivity index (χ1n) is 7.67. The first-order valence-corrected chi connectivity index (χ1v) is 11.4.